The number of carbonyl (C=O) groups is 1. The molecule has 4 nitrogen and oxygen atoms in total. The highest BCUT2D eigenvalue weighted by atomic mass is 32.1. The van der Waals surface area contributed by atoms with Crippen LogP contribution in [-0.4, -0.2) is 34.9 Å². The molecule has 0 saturated carbocycles. The van der Waals surface area contributed by atoms with Crippen LogP contribution in [0.2, 0.25) is 0 Å². The molecule has 134 valence electrons. The molecule has 1 amide bonds. The summed E-state index contributed by atoms with van der Waals surface area (Å²) >= 11 is 1.72. The highest BCUT2D eigenvalue weighted by Gasteiger charge is 2.22. The van der Waals surface area contributed by atoms with E-state index in [9.17, 15) is 4.79 Å². The summed E-state index contributed by atoms with van der Waals surface area (Å²) < 4.78 is 0. The minimum absolute atomic E-state index is 0.144. The quantitative estimate of drug-likeness (QED) is 0.763. The van der Waals surface area contributed by atoms with E-state index in [2.05, 4.69) is 65.8 Å². The summed E-state index contributed by atoms with van der Waals surface area (Å²) in [5.41, 5.74) is 4.56. The minimum Gasteiger partial charge on any atom is -0.355 e. The molecule has 1 saturated heterocycles. The molecule has 1 aliphatic rings. The van der Waals surface area contributed by atoms with Gasteiger partial charge >= 0.3 is 0 Å². The van der Waals surface area contributed by atoms with Gasteiger partial charge in [0.1, 0.15) is 0 Å². The molecule has 0 spiro atoms. The molecule has 1 aromatic carbocycles. The Hall–Kier alpha value is -2.24. The standard InChI is InChI=1S/C21H23N3OS/c1-14-5-3-6-16-11-17(13-24-9-8-19(25)22-12-15(24)2)21(23-20(14)16)18-7-4-10-26-18/h3-7,10-11,15H,8-9,12-13H2,1-2H3,(H,22,25)/t15-/m0/s1. The van der Waals surface area contributed by atoms with Crippen molar-refractivity contribution in [3.05, 3.63) is 52.9 Å². The molecule has 0 bridgehead atoms. The number of aryl methyl sites for hydroxylation is 1. The van der Waals surface area contributed by atoms with E-state index in [4.69, 9.17) is 4.98 Å². The molecule has 0 aliphatic carbocycles. The van der Waals surface area contributed by atoms with Crippen molar-refractivity contribution in [2.24, 2.45) is 0 Å². The van der Waals surface area contributed by atoms with Crippen LogP contribution in [-0.2, 0) is 11.3 Å². The summed E-state index contributed by atoms with van der Waals surface area (Å²) in [4.78, 5) is 20.4. The number of nitrogens with zero attached hydrogens (tertiary/aromatic N) is 2. The van der Waals surface area contributed by atoms with E-state index < -0.39 is 0 Å². The van der Waals surface area contributed by atoms with Gasteiger partial charge in [0.2, 0.25) is 5.91 Å². The van der Waals surface area contributed by atoms with Crippen LogP contribution < -0.4 is 5.32 Å². The van der Waals surface area contributed by atoms with Crippen molar-refractivity contribution in [1.82, 2.24) is 15.2 Å². The lowest BCUT2D eigenvalue weighted by atomic mass is 10.0. The maximum absolute atomic E-state index is 11.7. The molecule has 1 fully saturated rings. The molecule has 4 rings (SSSR count). The zero-order valence-electron chi connectivity index (χ0n) is 15.2. The predicted octanol–water partition coefficient (Wildman–Crippen LogP) is 3.98. The number of para-hydroxylation sites is 1. The van der Waals surface area contributed by atoms with Crippen molar-refractivity contribution in [3.63, 3.8) is 0 Å². The van der Waals surface area contributed by atoms with Crippen molar-refractivity contribution >= 4 is 28.1 Å². The third kappa shape index (κ3) is 3.37. The second kappa shape index (κ2) is 7.17. The van der Waals surface area contributed by atoms with Crippen LogP contribution in [0, 0.1) is 6.92 Å². The monoisotopic (exact) mass is 365 g/mol. The molecule has 5 heteroatoms. The van der Waals surface area contributed by atoms with Crippen LogP contribution >= 0.6 is 11.3 Å². The van der Waals surface area contributed by atoms with Gasteiger partial charge in [-0.25, -0.2) is 4.98 Å². The molecule has 26 heavy (non-hydrogen) atoms. The Labute approximate surface area is 157 Å². The second-order valence-electron chi connectivity index (χ2n) is 6.99. The summed E-state index contributed by atoms with van der Waals surface area (Å²) in [6, 6.07) is 13.1. The molecule has 1 aliphatic heterocycles. The molecule has 0 radical (unpaired) electrons. The molecule has 1 atom stereocenters. The van der Waals surface area contributed by atoms with Crippen LogP contribution in [0.1, 0.15) is 24.5 Å². The van der Waals surface area contributed by atoms with Gasteiger partial charge in [-0.15, -0.1) is 11.3 Å². The SMILES string of the molecule is Cc1cccc2cc(CN3CCC(=O)NC[C@@H]3C)c(-c3cccs3)nc12. The number of hydrogen-bond donors (Lipinski definition) is 1. The lowest BCUT2D eigenvalue weighted by Gasteiger charge is -2.27. The summed E-state index contributed by atoms with van der Waals surface area (Å²) in [5, 5.41) is 6.27. The van der Waals surface area contributed by atoms with E-state index in [0.717, 1.165) is 24.3 Å². The second-order valence-corrected chi connectivity index (χ2v) is 7.94. The first-order chi connectivity index (χ1) is 12.6. The highest BCUT2D eigenvalue weighted by molar-refractivity contribution is 7.13. The lowest BCUT2D eigenvalue weighted by molar-refractivity contribution is -0.120. The van der Waals surface area contributed by atoms with Crippen molar-refractivity contribution < 1.29 is 4.79 Å². The molecular formula is C21H23N3OS. The number of pyridine rings is 1. The molecule has 2 aromatic heterocycles. The van der Waals surface area contributed by atoms with Gasteiger partial charge < -0.3 is 5.32 Å². The Bertz CT molecular complexity index is 936. The van der Waals surface area contributed by atoms with Crippen LogP contribution in [0.25, 0.3) is 21.5 Å². The van der Waals surface area contributed by atoms with E-state index >= 15 is 0 Å². The fourth-order valence-corrected chi connectivity index (χ4v) is 4.29. The largest absolute Gasteiger partial charge is 0.355 e. The maximum Gasteiger partial charge on any atom is 0.221 e. The first kappa shape index (κ1) is 17.2. The molecule has 3 aromatic rings. The van der Waals surface area contributed by atoms with Crippen LogP contribution in [0.5, 0.6) is 0 Å². The average Bonchev–Trinajstić information content (AvgIpc) is 3.12. The Morgan fingerprint density at radius 3 is 3.00 bits per heavy atom. The molecular weight excluding hydrogens is 342 g/mol. The molecule has 3 heterocycles. The summed E-state index contributed by atoms with van der Waals surface area (Å²) in [7, 11) is 0. The Morgan fingerprint density at radius 1 is 1.31 bits per heavy atom. The predicted molar refractivity (Wildman–Crippen MR) is 107 cm³/mol. The van der Waals surface area contributed by atoms with Gasteiger partial charge in [-0.05, 0) is 42.5 Å². The van der Waals surface area contributed by atoms with Crippen molar-refractivity contribution in [3.8, 4) is 10.6 Å². The van der Waals surface area contributed by atoms with Gasteiger partial charge in [0.25, 0.3) is 0 Å². The van der Waals surface area contributed by atoms with Gasteiger partial charge in [-0.2, -0.15) is 0 Å². The number of rotatable bonds is 3. The summed E-state index contributed by atoms with van der Waals surface area (Å²) in [6.45, 7) is 6.58. The Kier molecular flexibility index (Phi) is 4.74. The third-order valence-electron chi connectivity index (χ3n) is 5.10. The maximum atomic E-state index is 11.7. The highest BCUT2D eigenvalue weighted by Crippen LogP contribution is 2.31. The van der Waals surface area contributed by atoms with Crippen LogP contribution in [0.3, 0.4) is 0 Å². The van der Waals surface area contributed by atoms with Gasteiger partial charge in [0.15, 0.2) is 0 Å². The van der Waals surface area contributed by atoms with Crippen molar-refractivity contribution in [1.29, 1.82) is 0 Å². The Morgan fingerprint density at radius 2 is 2.19 bits per heavy atom. The number of thiophene rings is 1. The van der Waals surface area contributed by atoms with Crippen molar-refractivity contribution in [2.75, 3.05) is 13.1 Å². The van der Waals surface area contributed by atoms with E-state index in [0.29, 0.717) is 19.0 Å². The topological polar surface area (TPSA) is 45.2 Å². The number of benzene rings is 1. The van der Waals surface area contributed by atoms with Crippen LogP contribution in [0.15, 0.2) is 41.8 Å². The normalized spacial score (nSPS) is 18.7. The summed E-state index contributed by atoms with van der Waals surface area (Å²) in [6.07, 6.45) is 0.554. The van der Waals surface area contributed by atoms with E-state index in [1.165, 1.54) is 21.4 Å². The zero-order chi connectivity index (χ0) is 18.1. The fraction of sp³-hybridized carbons (Fsp3) is 0.333. The number of fused-ring (bicyclic) bond motifs is 1. The van der Waals surface area contributed by atoms with E-state index in [1.807, 2.05) is 0 Å². The smallest absolute Gasteiger partial charge is 0.221 e. The van der Waals surface area contributed by atoms with Gasteiger partial charge in [0.05, 0.1) is 16.1 Å². The van der Waals surface area contributed by atoms with E-state index in [-0.39, 0.29) is 5.91 Å². The molecule has 0 unspecified atom stereocenters. The fourth-order valence-electron chi connectivity index (χ4n) is 3.54. The van der Waals surface area contributed by atoms with E-state index in [1.54, 1.807) is 11.3 Å². The number of aromatic nitrogens is 1. The minimum atomic E-state index is 0.144. The number of amides is 1. The van der Waals surface area contributed by atoms with Gasteiger partial charge in [-0.1, -0.05) is 24.3 Å². The zero-order valence-corrected chi connectivity index (χ0v) is 16.0. The first-order valence-corrected chi connectivity index (χ1v) is 9.93. The van der Waals surface area contributed by atoms with Crippen LogP contribution in [0.4, 0.5) is 0 Å². The number of hydrogen-bond acceptors (Lipinski definition) is 4. The number of nitrogens with one attached hydrogen (secondary N) is 1. The third-order valence-corrected chi connectivity index (χ3v) is 5.98. The molecule has 1 N–H and O–H groups in total. The summed E-state index contributed by atoms with van der Waals surface area (Å²) in [5.74, 6) is 0.144. The van der Waals surface area contributed by atoms with Gasteiger partial charge in [0, 0.05) is 37.5 Å². The number of carbonyl (C=O) groups excluding carboxylic acids is 1. The lowest BCUT2D eigenvalue weighted by Crippen LogP contribution is -2.37. The average molecular weight is 366 g/mol. The van der Waals surface area contributed by atoms with Gasteiger partial charge in [-0.3, -0.25) is 9.69 Å². The van der Waals surface area contributed by atoms with Crippen molar-refractivity contribution in [2.45, 2.75) is 32.9 Å². The Balaban J connectivity index is 1.77. The first-order valence-electron chi connectivity index (χ1n) is 9.05.